The van der Waals surface area contributed by atoms with Crippen LogP contribution in [0.5, 0.6) is 0 Å². The van der Waals surface area contributed by atoms with Gasteiger partial charge in [-0.2, -0.15) is 11.8 Å². The zero-order chi connectivity index (χ0) is 11.8. The fourth-order valence-corrected chi connectivity index (χ4v) is 1.28. The molecule has 0 aliphatic rings. The maximum Gasteiger partial charge on any atom is 0.334 e. The van der Waals surface area contributed by atoms with Gasteiger partial charge in [0.2, 0.25) is 5.91 Å². The van der Waals surface area contributed by atoms with E-state index in [0.29, 0.717) is 6.42 Å². The third-order valence-corrected chi connectivity index (χ3v) is 2.37. The molecule has 0 spiro atoms. The molecule has 0 radical (unpaired) electrons. The molecule has 1 unspecified atom stereocenters. The predicted molar refractivity (Wildman–Crippen MR) is 57.6 cm³/mol. The van der Waals surface area contributed by atoms with Gasteiger partial charge in [0.1, 0.15) is 0 Å². The van der Waals surface area contributed by atoms with Crippen molar-refractivity contribution in [2.45, 2.75) is 18.6 Å². The molecule has 0 aromatic carbocycles. The lowest BCUT2D eigenvalue weighted by atomic mass is 10.2. The van der Waals surface area contributed by atoms with Crippen molar-refractivity contribution >= 4 is 23.6 Å². The van der Waals surface area contributed by atoms with Crippen molar-refractivity contribution in [1.82, 2.24) is 5.32 Å². The van der Waals surface area contributed by atoms with Crippen LogP contribution >= 0.6 is 11.8 Å². The molecule has 0 aromatic rings. The van der Waals surface area contributed by atoms with Crippen LogP contribution in [-0.2, 0) is 9.59 Å². The minimum Gasteiger partial charge on any atom is -0.479 e. The fourth-order valence-electron chi connectivity index (χ4n) is 0.792. The Bertz CT molecular complexity index is 225. The van der Waals surface area contributed by atoms with Crippen LogP contribution in [0.25, 0.3) is 0 Å². The van der Waals surface area contributed by atoms with Gasteiger partial charge < -0.3 is 21.3 Å². The summed E-state index contributed by atoms with van der Waals surface area (Å²) in [6.45, 7) is -0.318. The van der Waals surface area contributed by atoms with Crippen LogP contribution in [0, 0.1) is 0 Å². The number of aliphatic carboxylic acids is 1. The molecule has 0 saturated heterocycles. The molecule has 0 fully saturated rings. The second kappa shape index (κ2) is 7.49. The maximum atomic E-state index is 11.2. The summed E-state index contributed by atoms with van der Waals surface area (Å²) < 4.78 is 0. The molecule has 7 heteroatoms. The topological polar surface area (TPSA) is 113 Å². The molecular formula is C8H16N2O4S. The molecule has 0 aliphatic heterocycles. The van der Waals surface area contributed by atoms with Crippen LogP contribution in [0.1, 0.15) is 6.42 Å². The van der Waals surface area contributed by atoms with Crippen LogP contribution in [0.3, 0.4) is 0 Å². The third kappa shape index (κ3) is 6.32. The Morgan fingerprint density at radius 3 is 2.60 bits per heavy atom. The van der Waals surface area contributed by atoms with Gasteiger partial charge >= 0.3 is 5.97 Å². The number of nitrogens with two attached hydrogens (primary N) is 1. The number of aliphatic hydroxyl groups is 1. The molecule has 0 aromatic heterocycles. The van der Waals surface area contributed by atoms with E-state index in [-0.39, 0.29) is 6.54 Å². The predicted octanol–water partition coefficient (Wildman–Crippen LogP) is -1.37. The van der Waals surface area contributed by atoms with Gasteiger partial charge in [-0.1, -0.05) is 0 Å². The standard InChI is InChI=1S/C8H16N2O4S/c1-15-3-2-5(9)7(12)10-4-6(11)8(13)14/h5-6,11H,2-4,9H2,1H3,(H,10,12)(H,13,14)/t5-,6?/m1/s1. The minimum atomic E-state index is -1.58. The molecule has 1 amide bonds. The summed E-state index contributed by atoms with van der Waals surface area (Å²) in [5.74, 6) is -1.05. The first-order valence-corrected chi connectivity index (χ1v) is 5.81. The van der Waals surface area contributed by atoms with Gasteiger partial charge in [0.05, 0.1) is 12.6 Å². The molecule has 5 N–H and O–H groups in total. The molecular weight excluding hydrogens is 220 g/mol. The molecule has 0 aliphatic carbocycles. The van der Waals surface area contributed by atoms with Gasteiger partial charge in [0.25, 0.3) is 0 Å². The zero-order valence-corrected chi connectivity index (χ0v) is 9.29. The number of carboxylic acid groups (broad SMARTS) is 1. The lowest BCUT2D eigenvalue weighted by Gasteiger charge is -2.12. The molecule has 2 atom stereocenters. The first-order chi connectivity index (χ1) is 6.99. The van der Waals surface area contributed by atoms with Crippen LogP contribution in [0.15, 0.2) is 0 Å². The molecule has 88 valence electrons. The van der Waals surface area contributed by atoms with E-state index in [2.05, 4.69) is 5.32 Å². The SMILES string of the molecule is CSCC[C@@H](N)C(=O)NCC(O)C(=O)O. The lowest BCUT2D eigenvalue weighted by molar-refractivity contribution is -0.146. The minimum absolute atomic E-state index is 0.318. The first-order valence-electron chi connectivity index (χ1n) is 4.42. The van der Waals surface area contributed by atoms with Gasteiger partial charge in [0.15, 0.2) is 6.10 Å². The molecule has 0 rings (SSSR count). The van der Waals surface area contributed by atoms with Crippen molar-refractivity contribution in [3.63, 3.8) is 0 Å². The van der Waals surface area contributed by atoms with Gasteiger partial charge in [-0.3, -0.25) is 4.79 Å². The molecule has 15 heavy (non-hydrogen) atoms. The van der Waals surface area contributed by atoms with Gasteiger partial charge in [-0.25, -0.2) is 4.79 Å². The molecule has 0 heterocycles. The molecule has 0 bridgehead atoms. The second-order valence-corrected chi connectivity index (χ2v) is 3.97. The number of aliphatic hydroxyl groups excluding tert-OH is 1. The summed E-state index contributed by atoms with van der Waals surface area (Å²) >= 11 is 1.57. The fraction of sp³-hybridized carbons (Fsp3) is 0.750. The monoisotopic (exact) mass is 236 g/mol. The van der Waals surface area contributed by atoms with Crippen molar-refractivity contribution in [3.8, 4) is 0 Å². The Hall–Kier alpha value is -0.790. The Morgan fingerprint density at radius 2 is 2.13 bits per heavy atom. The average Bonchev–Trinajstić information content (AvgIpc) is 2.21. The van der Waals surface area contributed by atoms with Crippen LogP contribution in [-0.4, -0.2) is 52.8 Å². The van der Waals surface area contributed by atoms with Crippen molar-refractivity contribution in [2.24, 2.45) is 5.73 Å². The van der Waals surface area contributed by atoms with E-state index in [1.807, 2.05) is 6.26 Å². The number of rotatable bonds is 7. The summed E-state index contributed by atoms with van der Waals surface area (Å²) in [5, 5.41) is 19.5. The van der Waals surface area contributed by atoms with E-state index in [9.17, 15) is 9.59 Å². The maximum absolute atomic E-state index is 11.2. The average molecular weight is 236 g/mol. The number of amides is 1. The Kier molecular flexibility index (Phi) is 7.10. The zero-order valence-electron chi connectivity index (χ0n) is 8.47. The van der Waals surface area contributed by atoms with E-state index in [4.69, 9.17) is 15.9 Å². The number of carboxylic acids is 1. The highest BCUT2D eigenvalue weighted by molar-refractivity contribution is 7.98. The highest BCUT2D eigenvalue weighted by Gasteiger charge is 2.17. The van der Waals surface area contributed by atoms with Crippen molar-refractivity contribution < 1.29 is 19.8 Å². The Balaban J connectivity index is 3.77. The van der Waals surface area contributed by atoms with Gasteiger partial charge in [0, 0.05) is 0 Å². The highest BCUT2D eigenvalue weighted by Crippen LogP contribution is 1.98. The van der Waals surface area contributed by atoms with E-state index in [1.54, 1.807) is 11.8 Å². The highest BCUT2D eigenvalue weighted by atomic mass is 32.2. The summed E-state index contributed by atoms with van der Waals surface area (Å²) in [4.78, 5) is 21.4. The summed E-state index contributed by atoms with van der Waals surface area (Å²) in [6, 6.07) is -0.654. The second-order valence-electron chi connectivity index (χ2n) is 2.99. The number of hydrogen-bond donors (Lipinski definition) is 4. The van der Waals surface area contributed by atoms with E-state index in [1.165, 1.54) is 0 Å². The van der Waals surface area contributed by atoms with Crippen LogP contribution in [0.2, 0.25) is 0 Å². The number of carbonyl (C=O) groups excluding carboxylic acids is 1. The van der Waals surface area contributed by atoms with Crippen LogP contribution in [0.4, 0.5) is 0 Å². The van der Waals surface area contributed by atoms with E-state index < -0.39 is 24.0 Å². The smallest absolute Gasteiger partial charge is 0.334 e. The van der Waals surface area contributed by atoms with Crippen molar-refractivity contribution in [2.75, 3.05) is 18.6 Å². The first kappa shape index (κ1) is 14.2. The number of carbonyl (C=O) groups is 2. The number of hydrogen-bond acceptors (Lipinski definition) is 5. The number of nitrogens with one attached hydrogen (secondary N) is 1. The summed E-state index contributed by atoms with van der Waals surface area (Å²) in [7, 11) is 0. The van der Waals surface area contributed by atoms with Crippen molar-refractivity contribution in [1.29, 1.82) is 0 Å². The van der Waals surface area contributed by atoms with E-state index >= 15 is 0 Å². The Morgan fingerprint density at radius 1 is 1.53 bits per heavy atom. The van der Waals surface area contributed by atoms with Crippen molar-refractivity contribution in [3.05, 3.63) is 0 Å². The summed E-state index contributed by atoms with van der Waals surface area (Å²) in [6.07, 6.45) is 0.844. The van der Waals surface area contributed by atoms with Gasteiger partial charge in [-0.05, 0) is 18.4 Å². The quantitative estimate of drug-likeness (QED) is 0.434. The third-order valence-electron chi connectivity index (χ3n) is 1.72. The van der Waals surface area contributed by atoms with Gasteiger partial charge in [-0.15, -0.1) is 0 Å². The molecule has 0 saturated carbocycles. The van der Waals surface area contributed by atoms with Crippen LogP contribution < -0.4 is 11.1 Å². The normalized spacial score (nSPS) is 14.3. The Labute approximate surface area is 92.2 Å². The number of thioether (sulfide) groups is 1. The summed E-state index contributed by atoms with van der Waals surface area (Å²) in [5.41, 5.74) is 5.51. The largest absolute Gasteiger partial charge is 0.479 e. The lowest BCUT2D eigenvalue weighted by Crippen LogP contribution is -2.45. The van der Waals surface area contributed by atoms with E-state index in [0.717, 1.165) is 5.75 Å². The molecule has 6 nitrogen and oxygen atoms in total.